The minimum atomic E-state index is 0.339. The Morgan fingerprint density at radius 3 is 2.95 bits per heavy atom. The number of rotatable bonds is 1. The maximum absolute atomic E-state index is 11.8. The highest BCUT2D eigenvalue weighted by Crippen LogP contribution is 2.39. The summed E-state index contributed by atoms with van der Waals surface area (Å²) in [6, 6.07) is 6.69. The fraction of sp³-hybridized carbons (Fsp3) is 0.562. The molecule has 1 amide bonds. The Kier molecular flexibility index (Phi) is 2.74. The summed E-state index contributed by atoms with van der Waals surface area (Å²) in [6.07, 6.45) is 3.94. The molecule has 106 valence electrons. The van der Waals surface area contributed by atoms with Gasteiger partial charge in [0.15, 0.2) is 0 Å². The molecule has 0 spiro atoms. The quantitative estimate of drug-likeness (QED) is 0.846. The molecule has 2 saturated heterocycles. The van der Waals surface area contributed by atoms with Gasteiger partial charge in [-0.15, -0.1) is 0 Å². The lowest BCUT2D eigenvalue weighted by Crippen LogP contribution is -2.52. The van der Waals surface area contributed by atoms with Crippen molar-refractivity contribution in [3.63, 3.8) is 0 Å². The molecule has 2 atom stereocenters. The fourth-order valence-corrected chi connectivity index (χ4v) is 4.13. The SMILES string of the molecule is O=C1CCC2CN(C3CCc4cc(O)ccc43)CCN12. The average Bonchev–Trinajstić information content (AvgIpc) is 3.02. The first-order chi connectivity index (χ1) is 9.72. The van der Waals surface area contributed by atoms with Crippen LogP contribution >= 0.6 is 0 Å². The van der Waals surface area contributed by atoms with E-state index in [1.807, 2.05) is 6.07 Å². The number of aryl methyl sites for hydroxylation is 1. The molecule has 0 aromatic heterocycles. The number of hydrogen-bond donors (Lipinski definition) is 1. The van der Waals surface area contributed by atoms with Crippen LogP contribution in [-0.2, 0) is 11.2 Å². The van der Waals surface area contributed by atoms with Crippen LogP contribution in [-0.4, -0.2) is 46.5 Å². The van der Waals surface area contributed by atoms with Gasteiger partial charge in [-0.2, -0.15) is 0 Å². The highest BCUT2D eigenvalue weighted by Gasteiger charge is 2.39. The molecule has 4 nitrogen and oxygen atoms in total. The van der Waals surface area contributed by atoms with Gasteiger partial charge in [-0.05, 0) is 42.5 Å². The van der Waals surface area contributed by atoms with Crippen LogP contribution in [0.1, 0.15) is 36.4 Å². The third-order valence-electron chi connectivity index (χ3n) is 5.14. The minimum absolute atomic E-state index is 0.339. The van der Waals surface area contributed by atoms with Crippen LogP contribution in [0.2, 0.25) is 0 Å². The molecule has 0 radical (unpaired) electrons. The Morgan fingerprint density at radius 1 is 1.15 bits per heavy atom. The van der Waals surface area contributed by atoms with Gasteiger partial charge in [0.25, 0.3) is 0 Å². The zero-order valence-electron chi connectivity index (χ0n) is 11.6. The molecule has 1 aromatic rings. The zero-order chi connectivity index (χ0) is 13.7. The second kappa shape index (κ2) is 4.48. The summed E-state index contributed by atoms with van der Waals surface area (Å²) in [5.41, 5.74) is 2.67. The molecule has 2 fully saturated rings. The third-order valence-corrected chi connectivity index (χ3v) is 5.14. The number of phenolic OH excluding ortho intramolecular Hbond substituents is 1. The first-order valence-corrected chi connectivity index (χ1v) is 7.57. The molecule has 0 saturated carbocycles. The number of amides is 1. The van der Waals surface area contributed by atoms with Crippen LogP contribution in [0.15, 0.2) is 18.2 Å². The van der Waals surface area contributed by atoms with E-state index in [1.165, 1.54) is 11.1 Å². The number of carbonyl (C=O) groups is 1. The second-order valence-electron chi connectivity index (χ2n) is 6.21. The van der Waals surface area contributed by atoms with Gasteiger partial charge < -0.3 is 10.0 Å². The van der Waals surface area contributed by atoms with Crippen molar-refractivity contribution in [2.45, 2.75) is 37.8 Å². The topological polar surface area (TPSA) is 43.8 Å². The zero-order valence-corrected chi connectivity index (χ0v) is 11.6. The molecule has 4 heteroatoms. The predicted molar refractivity (Wildman–Crippen MR) is 75.5 cm³/mol. The Bertz CT molecular complexity index is 557. The van der Waals surface area contributed by atoms with E-state index in [2.05, 4.69) is 15.9 Å². The molecule has 2 aliphatic heterocycles. The van der Waals surface area contributed by atoms with Crippen LogP contribution in [0.25, 0.3) is 0 Å². The van der Waals surface area contributed by atoms with Gasteiger partial charge in [0, 0.05) is 38.1 Å². The number of hydrogen-bond acceptors (Lipinski definition) is 3. The van der Waals surface area contributed by atoms with E-state index in [0.717, 1.165) is 45.3 Å². The number of fused-ring (bicyclic) bond motifs is 2. The summed E-state index contributed by atoms with van der Waals surface area (Å²) in [6.45, 7) is 2.87. The van der Waals surface area contributed by atoms with Crippen molar-refractivity contribution in [1.82, 2.24) is 9.80 Å². The van der Waals surface area contributed by atoms with Crippen molar-refractivity contribution in [2.75, 3.05) is 19.6 Å². The van der Waals surface area contributed by atoms with Crippen molar-refractivity contribution < 1.29 is 9.90 Å². The van der Waals surface area contributed by atoms with E-state index in [4.69, 9.17) is 0 Å². The first kappa shape index (κ1) is 12.2. The van der Waals surface area contributed by atoms with Crippen LogP contribution in [0, 0.1) is 0 Å². The first-order valence-electron chi connectivity index (χ1n) is 7.57. The lowest BCUT2D eigenvalue weighted by atomic mass is 10.0. The van der Waals surface area contributed by atoms with Gasteiger partial charge in [-0.1, -0.05) is 6.07 Å². The van der Waals surface area contributed by atoms with E-state index in [1.54, 1.807) is 6.07 Å². The Labute approximate surface area is 119 Å². The van der Waals surface area contributed by atoms with Crippen LogP contribution in [0.5, 0.6) is 5.75 Å². The molecule has 0 bridgehead atoms. The summed E-state index contributed by atoms with van der Waals surface area (Å²) in [5.74, 6) is 0.710. The van der Waals surface area contributed by atoms with Crippen LogP contribution < -0.4 is 0 Å². The molecule has 3 aliphatic rings. The van der Waals surface area contributed by atoms with Crippen molar-refractivity contribution in [3.8, 4) is 5.75 Å². The smallest absolute Gasteiger partial charge is 0.222 e. The molecule has 4 rings (SSSR count). The summed E-state index contributed by atoms with van der Waals surface area (Å²) < 4.78 is 0. The molecule has 1 aliphatic carbocycles. The van der Waals surface area contributed by atoms with E-state index in [-0.39, 0.29) is 0 Å². The monoisotopic (exact) mass is 272 g/mol. The second-order valence-corrected chi connectivity index (χ2v) is 6.21. The van der Waals surface area contributed by atoms with Gasteiger partial charge in [0.1, 0.15) is 5.75 Å². The predicted octanol–water partition coefficient (Wildman–Crippen LogP) is 1.69. The summed E-state index contributed by atoms with van der Waals surface area (Å²) in [5, 5.41) is 9.59. The average molecular weight is 272 g/mol. The molecule has 2 heterocycles. The lowest BCUT2D eigenvalue weighted by Gasteiger charge is -2.40. The normalized spacial score (nSPS) is 29.6. The highest BCUT2D eigenvalue weighted by molar-refractivity contribution is 5.78. The third kappa shape index (κ3) is 1.82. The number of aromatic hydroxyl groups is 1. The summed E-state index contributed by atoms with van der Waals surface area (Å²) in [4.78, 5) is 16.4. The number of benzene rings is 1. The van der Waals surface area contributed by atoms with Crippen molar-refractivity contribution >= 4 is 5.91 Å². The summed E-state index contributed by atoms with van der Waals surface area (Å²) >= 11 is 0. The van der Waals surface area contributed by atoms with E-state index >= 15 is 0 Å². The van der Waals surface area contributed by atoms with E-state index in [9.17, 15) is 9.90 Å². The van der Waals surface area contributed by atoms with Crippen molar-refractivity contribution in [3.05, 3.63) is 29.3 Å². The lowest BCUT2D eigenvalue weighted by molar-refractivity contribution is -0.131. The molecule has 2 unspecified atom stereocenters. The maximum atomic E-state index is 11.8. The highest BCUT2D eigenvalue weighted by atomic mass is 16.3. The number of carbonyl (C=O) groups excluding carboxylic acids is 1. The van der Waals surface area contributed by atoms with Gasteiger partial charge in [-0.3, -0.25) is 9.69 Å². The molecule has 1 aromatic carbocycles. The van der Waals surface area contributed by atoms with Gasteiger partial charge in [0.2, 0.25) is 5.91 Å². The van der Waals surface area contributed by atoms with Crippen LogP contribution in [0.3, 0.4) is 0 Å². The van der Waals surface area contributed by atoms with Crippen molar-refractivity contribution in [2.24, 2.45) is 0 Å². The Balaban J connectivity index is 1.55. The standard InChI is InChI=1S/C16H20N2O2/c19-13-3-4-14-11(9-13)1-5-15(14)17-7-8-18-12(10-17)2-6-16(18)20/h3-4,9,12,15,19H,1-2,5-8,10H2. The number of nitrogens with zero attached hydrogens (tertiary/aromatic N) is 2. The minimum Gasteiger partial charge on any atom is -0.508 e. The Hall–Kier alpha value is -1.55. The molecule has 1 N–H and O–H groups in total. The van der Waals surface area contributed by atoms with Gasteiger partial charge in [-0.25, -0.2) is 0 Å². The van der Waals surface area contributed by atoms with Crippen LogP contribution in [0.4, 0.5) is 0 Å². The van der Waals surface area contributed by atoms with E-state index < -0.39 is 0 Å². The molecular formula is C16H20N2O2. The maximum Gasteiger partial charge on any atom is 0.222 e. The van der Waals surface area contributed by atoms with Crippen molar-refractivity contribution in [1.29, 1.82) is 0 Å². The Morgan fingerprint density at radius 2 is 2.05 bits per heavy atom. The fourth-order valence-electron chi connectivity index (χ4n) is 4.13. The number of phenols is 1. The summed E-state index contributed by atoms with van der Waals surface area (Å²) in [7, 11) is 0. The molecular weight excluding hydrogens is 252 g/mol. The van der Waals surface area contributed by atoms with E-state index in [0.29, 0.717) is 23.7 Å². The van der Waals surface area contributed by atoms with Gasteiger partial charge >= 0.3 is 0 Å². The molecule has 20 heavy (non-hydrogen) atoms. The largest absolute Gasteiger partial charge is 0.508 e. The number of piperazine rings is 1. The van der Waals surface area contributed by atoms with Gasteiger partial charge in [0.05, 0.1) is 0 Å².